The van der Waals surface area contributed by atoms with Crippen molar-refractivity contribution in [3.05, 3.63) is 0 Å². The minimum atomic E-state index is 0.477. The summed E-state index contributed by atoms with van der Waals surface area (Å²) in [4.78, 5) is 0. The molecule has 0 saturated carbocycles. The average molecular weight is 112 g/mol. The molecule has 0 aromatic heterocycles. The van der Waals surface area contributed by atoms with Gasteiger partial charge in [0.15, 0.2) is 0 Å². The quantitative estimate of drug-likeness (QED) is 0.589. The normalized spacial score (nSPS) is 12.6. The Balaban J connectivity index is 3.08. The second-order valence-electron chi connectivity index (χ2n) is 2.04. The number of rotatable bonds is 3. The molecule has 1 atom stereocenters. The summed E-state index contributed by atoms with van der Waals surface area (Å²) in [5.74, 6) is 0.477. The molecule has 0 bridgehead atoms. The van der Waals surface area contributed by atoms with E-state index in [0.29, 0.717) is 18.9 Å². The van der Waals surface area contributed by atoms with Crippen LogP contribution in [0.15, 0.2) is 0 Å². The molecule has 0 spiro atoms. The van der Waals surface area contributed by atoms with E-state index in [0.717, 1.165) is 6.42 Å². The van der Waals surface area contributed by atoms with Crippen molar-refractivity contribution in [1.29, 1.82) is 5.26 Å². The van der Waals surface area contributed by atoms with E-state index >= 15 is 0 Å². The van der Waals surface area contributed by atoms with E-state index in [2.05, 4.69) is 6.07 Å². The Kier molecular flexibility index (Phi) is 4.29. The van der Waals surface area contributed by atoms with Crippen LogP contribution in [0.2, 0.25) is 0 Å². The fourth-order valence-electron chi connectivity index (χ4n) is 0.542. The molecule has 0 aliphatic carbocycles. The van der Waals surface area contributed by atoms with Crippen LogP contribution < -0.4 is 5.73 Å². The van der Waals surface area contributed by atoms with Crippen molar-refractivity contribution in [1.82, 2.24) is 0 Å². The highest BCUT2D eigenvalue weighted by atomic mass is 14.5. The summed E-state index contributed by atoms with van der Waals surface area (Å²) < 4.78 is 0. The van der Waals surface area contributed by atoms with Gasteiger partial charge in [0.25, 0.3) is 0 Å². The lowest BCUT2D eigenvalue weighted by molar-refractivity contribution is 0.554. The number of nitrogens with two attached hydrogens (primary N) is 1. The third-order valence-corrected chi connectivity index (χ3v) is 1.10. The Bertz CT molecular complexity index is 83.0. The molecule has 0 aliphatic heterocycles. The van der Waals surface area contributed by atoms with E-state index in [1.165, 1.54) is 0 Å². The van der Waals surface area contributed by atoms with E-state index in [1.807, 2.05) is 6.92 Å². The Hall–Kier alpha value is -0.550. The maximum atomic E-state index is 8.17. The zero-order chi connectivity index (χ0) is 6.41. The molecule has 0 saturated heterocycles. The third-order valence-electron chi connectivity index (χ3n) is 1.10. The molecule has 0 amide bonds. The molecule has 0 aromatic carbocycles. The van der Waals surface area contributed by atoms with Crippen molar-refractivity contribution in [3.63, 3.8) is 0 Å². The van der Waals surface area contributed by atoms with Crippen LogP contribution >= 0.6 is 0 Å². The van der Waals surface area contributed by atoms with Crippen molar-refractivity contribution < 1.29 is 0 Å². The second kappa shape index (κ2) is 4.61. The molecule has 0 aromatic rings. The van der Waals surface area contributed by atoms with Gasteiger partial charge >= 0.3 is 0 Å². The van der Waals surface area contributed by atoms with E-state index in [9.17, 15) is 0 Å². The molecule has 0 radical (unpaired) electrons. The fourth-order valence-corrected chi connectivity index (χ4v) is 0.542. The highest BCUT2D eigenvalue weighted by molar-refractivity contribution is 4.72. The molecular weight excluding hydrogens is 100 g/mol. The highest BCUT2D eigenvalue weighted by Gasteiger charge is 1.96. The van der Waals surface area contributed by atoms with Gasteiger partial charge in [-0.1, -0.05) is 6.92 Å². The van der Waals surface area contributed by atoms with E-state index in [4.69, 9.17) is 11.0 Å². The van der Waals surface area contributed by atoms with Crippen LogP contribution in [-0.2, 0) is 0 Å². The first-order valence-corrected chi connectivity index (χ1v) is 2.88. The Morgan fingerprint density at radius 1 is 1.75 bits per heavy atom. The molecule has 0 fully saturated rings. The lowest BCUT2D eigenvalue weighted by Gasteiger charge is -2.00. The van der Waals surface area contributed by atoms with Crippen molar-refractivity contribution in [2.24, 2.45) is 11.7 Å². The Labute approximate surface area is 50.3 Å². The highest BCUT2D eigenvalue weighted by Crippen LogP contribution is 2.02. The molecule has 8 heavy (non-hydrogen) atoms. The van der Waals surface area contributed by atoms with Crippen molar-refractivity contribution in [2.45, 2.75) is 19.8 Å². The monoisotopic (exact) mass is 112 g/mol. The zero-order valence-corrected chi connectivity index (χ0v) is 5.22. The molecule has 2 nitrogen and oxygen atoms in total. The molecular formula is C6H12N2. The van der Waals surface area contributed by atoms with Crippen LogP contribution in [0.3, 0.4) is 0 Å². The summed E-state index contributed by atoms with van der Waals surface area (Å²) in [6.07, 6.45) is 1.60. The van der Waals surface area contributed by atoms with Gasteiger partial charge in [0.05, 0.1) is 6.07 Å². The van der Waals surface area contributed by atoms with Gasteiger partial charge in [-0.25, -0.2) is 0 Å². The average Bonchev–Trinajstić information content (AvgIpc) is 1.68. The lowest BCUT2D eigenvalue weighted by atomic mass is 10.1. The van der Waals surface area contributed by atoms with Crippen LogP contribution in [0.4, 0.5) is 0 Å². The molecule has 46 valence electrons. The van der Waals surface area contributed by atoms with Crippen LogP contribution in [0.25, 0.3) is 0 Å². The Morgan fingerprint density at radius 3 is 2.75 bits per heavy atom. The lowest BCUT2D eigenvalue weighted by Crippen LogP contribution is -2.04. The van der Waals surface area contributed by atoms with E-state index in [1.54, 1.807) is 0 Å². The minimum Gasteiger partial charge on any atom is -0.330 e. The predicted molar refractivity (Wildman–Crippen MR) is 33.1 cm³/mol. The Morgan fingerprint density at radius 2 is 2.38 bits per heavy atom. The van der Waals surface area contributed by atoms with E-state index in [-0.39, 0.29) is 0 Å². The van der Waals surface area contributed by atoms with Gasteiger partial charge in [-0.05, 0) is 18.9 Å². The topological polar surface area (TPSA) is 49.8 Å². The first-order chi connectivity index (χ1) is 3.81. The fraction of sp³-hybridized carbons (Fsp3) is 0.833. The predicted octanol–water partition coefficient (Wildman–Crippen LogP) is 0.885. The summed E-state index contributed by atoms with van der Waals surface area (Å²) >= 11 is 0. The molecule has 2 heteroatoms. The summed E-state index contributed by atoms with van der Waals surface area (Å²) in [5, 5.41) is 8.17. The van der Waals surface area contributed by atoms with Gasteiger partial charge in [-0.2, -0.15) is 5.26 Å². The maximum Gasteiger partial charge on any atom is 0.0624 e. The standard InChI is InChI=1S/C6H12N2/c1-6(2-4-7)3-5-8/h6H,2-4,7H2,1H3. The van der Waals surface area contributed by atoms with E-state index < -0.39 is 0 Å². The van der Waals surface area contributed by atoms with Gasteiger partial charge in [-0.15, -0.1) is 0 Å². The van der Waals surface area contributed by atoms with Crippen molar-refractivity contribution in [2.75, 3.05) is 6.54 Å². The summed E-state index contributed by atoms with van der Waals surface area (Å²) in [6.45, 7) is 2.74. The SMILES string of the molecule is CC(CC#N)CCN. The van der Waals surface area contributed by atoms with Crippen LogP contribution in [0.1, 0.15) is 19.8 Å². The van der Waals surface area contributed by atoms with Gasteiger partial charge in [-0.3, -0.25) is 0 Å². The number of hydrogen-bond acceptors (Lipinski definition) is 2. The zero-order valence-electron chi connectivity index (χ0n) is 5.22. The largest absolute Gasteiger partial charge is 0.330 e. The second-order valence-corrected chi connectivity index (χ2v) is 2.04. The van der Waals surface area contributed by atoms with Crippen molar-refractivity contribution >= 4 is 0 Å². The van der Waals surface area contributed by atoms with Gasteiger partial charge < -0.3 is 5.73 Å². The van der Waals surface area contributed by atoms with Crippen molar-refractivity contribution in [3.8, 4) is 6.07 Å². The minimum absolute atomic E-state index is 0.477. The first kappa shape index (κ1) is 7.45. The summed E-state index contributed by atoms with van der Waals surface area (Å²) in [5.41, 5.74) is 5.25. The maximum absolute atomic E-state index is 8.17. The van der Waals surface area contributed by atoms with Gasteiger partial charge in [0.2, 0.25) is 0 Å². The van der Waals surface area contributed by atoms with Crippen LogP contribution in [0.5, 0.6) is 0 Å². The van der Waals surface area contributed by atoms with Crippen LogP contribution in [0, 0.1) is 17.2 Å². The molecule has 2 N–H and O–H groups in total. The van der Waals surface area contributed by atoms with Gasteiger partial charge in [0, 0.05) is 6.42 Å². The number of hydrogen-bond donors (Lipinski definition) is 1. The summed E-state index contributed by atoms with van der Waals surface area (Å²) in [7, 11) is 0. The van der Waals surface area contributed by atoms with Crippen LogP contribution in [-0.4, -0.2) is 6.54 Å². The molecule has 0 rings (SSSR count). The third kappa shape index (κ3) is 3.63. The number of nitriles is 1. The molecule has 0 heterocycles. The first-order valence-electron chi connectivity index (χ1n) is 2.88. The molecule has 1 unspecified atom stereocenters. The van der Waals surface area contributed by atoms with Gasteiger partial charge in [0.1, 0.15) is 0 Å². The molecule has 0 aliphatic rings. The smallest absolute Gasteiger partial charge is 0.0624 e. The number of nitrogens with zero attached hydrogens (tertiary/aromatic N) is 1. The summed E-state index contributed by atoms with van der Waals surface area (Å²) in [6, 6.07) is 2.10.